The third-order valence-corrected chi connectivity index (χ3v) is 3.46. The van der Waals surface area contributed by atoms with E-state index in [9.17, 15) is 0 Å². The minimum Gasteiger partial charge on any atom is -0.383 e. The molecular formula is C11H21N3OS. The lowest BCUT2D eigenvalue weighted by atomic mass is 10.3. The fourth-order valence-electron chi connectivity index (χ4n) is 1.38. The lowest BCUT2D eigenvalue weighted by Crippen LogP contribution is -2.36. The molecule has 4 nitrogen and oxygen atoms in total. The number of methoxy groups -OCH3 is 1. The summed E-state index contributed by atoms with van der Waals surface area (Å²) >= 11 is 1.76. The average Bonchev–Trinajstić information content (AvgIpc) is 2.68. The van der Waals surface area contributed by atoms with E-state index in [2.05, 4.69) is 17.2 Å². The van der Waals surface area contributed by atoms with Gasteiger partial charge < -0.3 is 14.6 Å². The molecule has 0 aromatic carbocycles. The molecule has 0 saturated carbocycles. The van der Waals surface area contributed by atoms with Crippen LogP contribution < -0.4 is 5.32 Å². The van der Waals surface area contributed by atoms with Crippen molar-refractivity contribution in [3.8, 4) is 0 Å². The Balaban J connectivity index is 2.34. The van der Waals surface area contributed by atoms with Crippen molar-refractivity contribution in [2.75, 3.05) is 26.0 Å². The maximum absolute atomic E-state index is 5.20. The van der Waals surface area contributed by atoms with Crippen molar-refractivity contribution in [2.24, 2.45) is 7.05 Å². The van der Waals surface area contributed by atoms with Gasteiger partial charge in [-0.1, -0.05) is 18.7 Å². The van der Waals surface area contributed by atoms with Crippen LogP contribution in [-0.4, -0.2) is 41.6 Å². The van der Waals surface area contributed by atoms with E-state index in [4.69, 9.17) is 4.74 Å². The highest BCUT2D eigenvalue weighted by Gasteiger charge is 2.09. The first-order chi connectivity index (χ1) is 7.77. The SMILES string of the molecule is CCCNC(COC)CSc1nccn1C. The smallest absolute Gasteiger partial charge is 0.167 e. The van der Waals surface area contributed by atoms with Crippen LogP contribution in [0.5, 0.6) is 0 Å². The summed E-state index contributed by atoms with van der Waals surface area (Å²) in [4.78, 5) is 4.29. The molecule has 0 aliphatic carbocycles. The molecule has 1 atom stereocenters. The molecule has 0 bridgehead atoms. The van der Waals surface area contributed by atoms with Crippen LogP contribution in [0.4, 0.5) is 0 Å². The maximum Gasteiger partial charge on any atom is 0.167 e. The van der Waals surface area contributed by atoms with Gasteiger partial charge in [-0.15, -0.1) is 0 Å². The normalized spacial score (nSPS) is 12.9. The zero-order chi connectivity index (χ0) is 11.8. The summed E-state index contributed by atoms with van der Waals surface area (Å²) < 4.78 is 7.23. The van der Waals surface area contributed by atoms with E-state index in [-0.39, 0.29) is 0 Å². The van der Waals surface area contributed by atoms with Gasteiger partial charge in [-0.25, -0.2) is 4.98 Å². The lowest BCUT2D eigenvalue weighted by molar-refractivity contribution is 0.174. The molecule has 1 N–H and O–H groups in total. The van der Waals surface area contributed by atoms with Crippen LogP contribution in [0.1, 0.15) is 13.3 Å². The quantitative estimate of drug-likeness (QED) is 0.703. The van der Waals surface area contributed by atoms with Crippen molar-refractivity contribution in [2.45, 2.75) is 24.5 Å². The molecule has 0 radical (unpaired) electrons. The standard InChI is InChI=1S/C11H21N3OS/c1-4-5-12-10(8-15-3)9-16-11-13-6-7-14(11)2/h6-7,10,12H,4-5,8-9H2,1-3H3. The van der Waals surface area contributed by atoms with Gasteiger partial charge in [0, 0.05) is 38.3 Å². The Kier molecular flexibility index (Phi) is 6.52. The summed E-state index contributed by atoms with van der Waals surface area (Å²) in [5, 5.41) is 4.52. The number of aromatic nitrogens is 2. The fraction of sp³-hybridized carbons (Fsp3) is 0.727. The minimum absolute atomic E-state index is 0.395. The van der Waals surface area contributed by atoms with Crippen molar-refractivity contribution >= 4 is 11.8 Å². The monoisotopic (exact) mass is 243 g/mol. The van der Waals surface area contributed by atoms with Crippen molar-refractivity contribution in [1.29, 1.82) is 0 Å². The van der Waals surface area contributed by atoms with Crippen molar-refractivity contribution in [1.82, 2.24) is 14.9 Å². The predicted molar refractivity (Wildman–Crippen MR) is 67.9 cm³/mol. The Labute approximate surface area is 102 Å². The number of nitrogens with one attached hydrogen (secondary N) is 1. The van der Waals surface area contributed by atoms with E-state index in [0.717, 1.165) is 30.5 Å². The van der Waals surface area contributed by atoms with E-state index < -0.39 is 0 Å². The van der Waals surface area contributed by atoms with Gasteiger partial charge in [-0.05, 0) is 13.0 Å². The van der Waals surface area contributed by atoms with E-state index >= 15 is 0 Å². The topological polar surface area (TPSA) is 39.1 Å². The number of aryl methyl sites for hydroxylation is 1. The second-order valence-corrected chi connectivity index (χ2v) is 4.73. The molecule has 0 saturated heterocycles. The lowest BCUT2D eigenvalue weighted by Gasteiger charge is -2.16. The van der Waals surface area contributed by atoms with E-state index in [0.29, 0.717) is 6.04 Å². The van der Waals surface area contributed by atoms with E-state index in [1.54, 1.807) is 18.9 Å². The van der Waals surface area contributed by atoms with E-state index in [1.165, 1.54) is 0 Å². The molecule has 0 amide bonds. The predicted octanol–water partition coefficient (Wildman–Crippen LogP) is 1.53. The summed E-state index contributed by atoms with van der Waals surface area (Å²) in [5.41, 5.74) is 0. The molecule has 0 spiro atoms. The van der Waals surface area contributed by atoms with Crippen LogP contribution in [0.2, 0.25) is 0 Å². The van der Waals surface area contributed by atoms with Crippen LogP contribution in [0.3, 0.4) is 0 Å². The number of hydrogen-bond acceptors (Lipinski definition) is 4. The number of hydrogen-bond donors (Lipinski definition) is 1. The zero-order valence-electron chi connectivity index (χ0n) is 10.3. The third kappa shape index (κ3) is 4.55. The second-order valence-electron chi connectivity index (χ2n) is 3.74. The number of rotatable bonds is 8. The number of ether oxygens (including phenoxy) is 1. The number of thioether (sulfide) groups is 1. The van der Waals surface area contributed by atoms with Gasteiger partial charge in [0.05, 0.1) is 6.61 Å². The van der Waals surface area contributed by atoms with Crippen molar-refractivity contribution in [3.05, 3.63) is 12.4 Å². The molecule has 0 fully saturated rings. The number of imidazole rings is 1. The Hall–Kier alpha value is -0.520. The van der Waals surface area contributed by atoms with Crippen LogP contribution in [0.25, 0.3) is 0 Å². The second kappa shape index (κ2) is 7.70. The van der Waals surface area contributed by atoms with Crippen LogP contribution in [0.15, 0.2) is 17.6 Å². The first kappa shape index (κ1) is 13.5. The van der Waals surface area contributed by atoms with Gasteiger partial charge in [-0.3, -0.25) is 0 Å². The summed E-state index contributed by atoms with van der Waals surface area (Å²) in [6.45, 7) is 3.95. The Morgan fingerprint density at radius 2 is 2.44 bits per heavy atom. The molecule has 0 aliphatic rings. The zero-order valence-corrected chi connectivity index (χ0v) is 11.1. The molecule has 92 valence electrons. The minimum atomic E-state index is 0.395. The summed E-state index contributed by atoms with van der Waals surface area (Å²) in [6, 6.07) is 0.395. The third-order valence-electron chi connectivity index (χ3n) is 2.24. The van der Waals surface area contributed by atoms with Crippen LogP contribution in [0, 0.1) is 0 Å². The van der Waals surface area contributed by atoms with Gasteiger partial charge >= 0.3 is 0 Å². The van der Waals surface area contributed by atoms with E-state index in [1.807, 2.05) is 24.0 Å². The highest BCUT2D eigenvalue weighted by molar-refractivity contribution is 7.99. The molecule has 1 rings (SSSR count). The average molecular weight is 243 g/mol. The summed E-state index contributed by atoms with van der Waals surface area (Å²) in [7, 11) is 3.76. The molecule has 5 heteroatoms. The van der Waals surface area contributed by atoms with Crippen molar-refractivity contribution < 1.29 is 4.74 Å². The summed E-state index contributed by atoms with van der Waals surface area (Å²) in [6.07, 6.45) is 4.94. The fourth-order valence-corrected chi connectivity index (χ4v) is 2.35. The van der Waals surface area contributed by atoms with Crippen molar-refractivity contribution in [3.63, 3.8) is 0 Å². The van der Waals surface area contributed by atoms with Crippen LogP contribution >= 0.6 is 11.8 Å². The number of nitrogens with zero attached hydrogens (tertiary/aromatic N) is 2. The largest absolute Gasteiger partial charge is 0.383 e. The van der Waals surface area contributed by atoms with Crippen LogP contribution in [-0.2, 0) is 11.8 Å². The highest BCUT2D eigenvalue weighted by atomic mass is 32.2. The molecule has 1 aromatic rings. The molecule has 1 heterocycles. The molecule has 1 unspecified atom stereocenters. The molecule has 1 aromatic heterocycles. The first-order valence-corrected chi connectivity index (χ1v) is 6.59. The Morgan fingerprint density at radius 3 is 3.00 bits per heavy atom. The Morgan fingerprint density at radius 1 is 1.62 bits per heavy atom. The van der Waals surface area contributed by atoms with Gasteiger partial charge in [-0.2, -0.15) is 0 Å². The summed E-state index contributed by atoms with van der Waals surface area (Å²) in [5.74, 6) is 0.985. The molecule has 0 aliphatic heterocycles. The Bertz CT molecular complexity index is 291. The maximum atomic E-state index is 5.20. The van der Waals surface area contributed by atoms with Gasteiger partial charge in [0.2, 0.25) is 0 Å². The first-order valence-electron chi connectivity index (χ1n) is 5.60. The highest BCUT2D eigenvalue weighted by Crippen LogP contribution is 2.15. The van der Waals surface area contributed by atoms with Gasteiger partial charge in [0.1, 0.15) is 0 Å². The molecular weight excluding hydrogens is 222 g/mol. The van der Waals surface area contributed by atoms with Gasteiger partial charge in [0.15, 0.2) is 5.16 Å². The van der Waals surface area contributed by atoms with Gasteiger partial charge in [0.25, 0.3) is 0 Å². The molecule has 16 heavy (non-hydrogen) atoms.